The van der Waals surface area contributed by atoms with Crippen molar-refractivity contribution < 1.29 is 23.8 Å². The van der Waals surface area contributed by atoms with Crippen molar-refractivity contribution in [3.63, 3.8) is 0 Å². The molecule has 0 aromatic heterocycles. The third-order valence-corrected chi connectivity index (χ3v) is 3.05. The Morgan fingerprint density at radius 3 is 2.95 bits per heavy atom. The van der Waals surface area contributed by atoms with Gasteiger partial charge in [0.15, 0.2) is 11.5 Å². The fraction of sp³-hybridized carbons (Fsp3) is 0.385. The number of nitrogens with zero attached hydrogens (tertiary/aromatic N) is 1. The zero-order valence-corrected chi connectivity index (χ0v) is 10.8. The molecule has 1 fully saturated rings. The zero-order valence-electron chi connectivity index (χ0n) is 10.8. The van der Waals surface area contributed by atoms with Gasteiger partial charge in [0.2, 0.25) is 12.7 Å². The Morgan fingerprint density at radius 1 is 1.25 bits per heavy atom. The first-order valence-electron chi connectivity index (χ1n) is 6.33. The molecule has 0 radical (unpaired) electrons. The van der Waals surface area contributed by atoms with Gasteiger partial charge in [-0.05, 0) is 18.6 Å². The van der Waals surface area contributed by atoms with Crippen LogP contribution in [-0.2, 0) is 9.53 Å². The number of ether oxygens (including phenoxy) is 3. The minimum Gasteiger partial charge on any atom is -0.454 e. The van der Waals surface area contributed by atoms with Crippen LogP contribution in [0.5, 0.6) is 11.5 Å². The van der Waals surface area contributed by atoms with Crippen LogP contribution in [-0.4, -0.2) is 43.4 Å². The molecule has 1 saturated heterocycles. The summed E-state index contributed by atoms with van der Waals surface area (Å²) in [5, 5.41) is 2.72. The molecule has 2 heterocycles. The van der Waals surface area contributed by atoms with Gasteiger partial charge in [-0.3, -0.25) is 9.69 Å². The second-order valence-electron chi connectivity index (χ2n) is 4.51. The minimum atomic E-state index is -0.447. The first-order chi connectivity index (χ1) is 9.72. The third-order valence-electron chi connectivity index (χ3n) is 3.05. The Kier molecular flexibility index (Phi) is 3.32. The predicted molar refractivity (Wildman–Crippen MR) is 68.7 cm³/mol. The summed E-state index contributed by atoms with van der Waals surface area (Å²) < 4.78 is 15.3. The van der Waals surface area contributed by atoms with Gasteiger partial charge in [-0.25, -0.2) is 4.79 Å². The highest BCUT2D eigenvalue weighted by molar-refractivity contribution is 5.94. The highest BCUT2D eigenvalue weighted by Crippen LogP contribution is 2.34. The largest absolute Gasteiger partial charge is 0.454 e. The molecule has 106 valence electrons. The molecule has 1 aromatic carbocycles. The van der Waals surface area contributed by atoms with Crippen LogP contribution in [0, 0.1) is 0 Å². The average molecular weight is 278 g/mol. The summed E-state index contributed by atoms with van der Waals surface area (Å²) in [4.78, 5) is 24.7. The summed E-state index contributed by atoms with van der Waals surface area (Å²) in [5.41, 5.74) is 0.602. The highest BCUT2D eigenvalue weighted by Gasteiger charge is 2.22. The van der Waals surface area contributed by atoms with E-state index in [0.717, 1.165) is 6.42 Å². The van der Waals surface area contributed by atoms with Gasteiger partial charge >= 0.3 is 6.09 Å². The standard InChI is InChI=1S/C13H14N2O5/c16-12(7-15-4-1-5-18-13(15)17)14-9-2-3-10-11(6-9)20-8-19-10/h2-3,6H,1,4-5,7-8H2,(H,14,16). The van der Waals surface area contributed by atoms with Gasteiger partial charge in [0.05, 0.1) is 6.61 Å². The van der Waals surface area contributed by atoms with E-state index in [4.69, 9.17) is 14.2 Å². The number of hydrogen-bond donors (Lipinski definition) is 1. The van der Waals surface area contributed by atoms with Gasteiger partial charge in [-0.15, -0.1) is 0 Å². The number of hydrogen-bond acceptors (Lipinski definition) is 5. The summed E-state index contributed by atoms with van der Waals surface area (Å²) in [5.74, 6) is 0.977. The molecule has 1 N–H and O–H groups in total. The number of cyclic esters (lactones) is 1. The molecule has 3 rings (SSSR count). The van der Waals surface area contributed by atoms with E-state index in [2.05, 4.69) is 5.32 Å². The van der Waals surface area contributed by atoms with Crippen molar-refractivity contribution in [2.45, 2.75) is 6.42 Å². The number of nitrogens with one attached hydrogen (secondary N) is 1. The monoisotopic (exact) mass is 278 g/mol. The highest BCUT2D eigenvalue weighted by atomic mass is 16.7. The molecule has 7 nitrogen and oxygen atoms in total. The summed E-state index contributed by atoms with van der Waals surface area (Å²) in [6, 6.07) is 5.14. The summed E-state index contributed by atoms with van der Waals surface area (Å²) >= 11 is 0. The van der Waals surface area contributed by atoms with E-state index in [1.54, 1.807) is 18.2 Å². The van der Waals surface area contributed by atoms with Crippen LogP contribution in [0.4, 0.5) is 10.5 Å². The second-order valence-corrected chi connectivity index (χ2v) is 4.51. The Hall–Kier alpha value is -2.44. The van der Waals surface area contributed by atoms with E-state index in [1.807, 2.05) is 0 Å². The van der Waals surface area contributed by atoms with E-state index in [-0.39, 0.29) is 19.2 Å². The van der Waals surface area contributed by atoms with Crippen molar-refractivity contribution in [3.05, 3.63) is 18.2 Å². The quantitative estimate of drug-likeness (QED) is 0.898. The summed E-state index contributed by atoms with van der Waals surface area (Å²) in [6.07, 6.45) is 0.292. The number of anilines is 1. The van der Waals surface area contributed by atoms with Crippen molar-refractivity contribution in [2.75, 3.05) is 31.8 Å². The van der Waals surface area contributed by atoms with Gasteiger partial charge in [0.25, 0.3) is 0 Å². The molecular weight excluding hydrogens is 264 g/mol. The van der Waals surface area contributed by atoms with Gasteiger partial charge in [-0.2, -0.15) is 0 Å². The van der Waals surface area contributed by atoms with E-state index in [0.29, 0.717) is 30.3 Å². The Balaban J connectivity index is 1.60. The molecule has 0 aliphatic carbocycles. The molecule has 0 saturated carbocycles. The lowest BCUT2D eigenvalue weighted by Crippen LogP contribution is -2.42. The number of rotatable bonds is 3. The van der Waals surface area contributed by atoms with E-state index < -0.39 is 6.09 Å². The zero-order chi connectivity index (χ0) is 13.9. The maximum atomic E-state index is 11.9. The van der Waals surface area contributed by atoms with Crippen molar-refractivity contribution in [1.82, 2.24) is 4.90 Å². The number of fused-ring (bicyclic) bond motifs is 1. The first kappa shape index (κ1) is 12.6. The molecule has 20 heavy (non-hydrogen) atoms. The lowest BCUT2D eigenvalue weighted by Gasteiger charge is -2.25. The van der Waals surface area contributed by atoms with Crippen molar-refractivity contribution in [1.29, 1.82) is 0 Å². The average Bonchev–Trinajstić information content (AvgIpc) is 2.89. The molecule has 1 aromatic rings. The lowest BCUT2D eigenvalue weighted by atomic mass is 10.2. The third kappa shape index (κ3) is 2.61. The maximum Gasteiger partial charge on any atom is 0.410 e. The fourth-order valence-electron chi connectivity index (χ4n) is 2.09. The van der Waals surface area contributed by atoms with Gasteiger partial charge in [0.1, 0.15) is 6.54 Å². The topological polar surface area (TPSA) is 77.1 Å². The molecule has 0 atom stereocenters. The van der Waals surface area contributed by atoms with Crippen LogP contribution in [0.3, 0.4) is 0 Å². The maximum absolute atomic E-state index is 11.9. The lowest BCUT2D eigenvalue weighted by molar-refractivity contribution is -0.117. The van der Waals surface area contributed by atoms with E-state index >= 15 is 0 Å². The van der Waals surface area contributed by atoms with Crippen LogP contribution in [0.25, 0.3) is 0 Å². The molecule has 2 aliphatic rings. The molecule has 0 spiro atoms. The van der Waals surface area contributed by atoms with Crippen molar-refractivity contribution in [3.8, 4) is 11.5 Å². The smallest absolute Gasteiger partial charge is 0.410 e. The fourth-order valence-corrected chi connectivity index (χ4v) is 2.09. The minimum absolute atomic E-state index is 0.0206. The number of benzene rings is 1. The molecule has 7 heteroatoms. The van der Waals surface area contributed by atoms with E-state index in [1.165, 1.54) is 4.90 Å². The normalized spacial score (nSPS) is 16.8. The van der Waals surface area contributed by atoms with Crippen LogP contribution in [0.2, 0.25) is 0 Å². The molecule has 2 aliphatic heterocycles. The Labute approximate surface area is 115 Å². The Bertz CT molecular complexity index is 546. The molecule has 0 unspecified atom stereocenters. The predicted octanol–water partition coefficient (Wildman–Crippen LogP) is 1.20. The summed E-state index contributed by atoms with van der Waals surface area (Å²) in [7, 11) is 0. The van der Waals surface area contributed by atoms with Crippen molar-refractivity contribution >= 4 is 17.7 Å². The second kappa shape index (κ2) is 5.28. The van der Waals surface area contributed by atoms with Crippen LogP contribution >= 0.6 is 0 Å². The SMILES string of the molecule is O=C(CN1CCCOC1=O)Nc1ccc2c(c1)OCO2. The van der Waals surface area contributed by atoms with Crippen molar-refractivity contribution in [2.24, 2.45) is 0 Å². The van der Waals surface area contributed by atoms with Gasteiger partial charge < -0.3 is 19.5 Å². The van der Waals surface area contributed by atoms with Crippen LogP contribution in [0.1, 0.15) is 6.42 Å². The Morgan fingerprint density at radius 2 is 2.10 bits per heavy atom. The number of carbonyl (C=O) groups is 2. The van der Waals surface area contributed by atoms with Gasteiger partial charge in [-0.1, -0.05) is 0 Å². The number of amides is 2. The first-order valence-corrected chi connectivity index (χ1v) is 6.33. The van der Waals surface area contributed by atoms with E-state index in [9.17, 15) is 9.59 Å². The molecular formula is C13H14N2O5. The molecule has 0 bridgehead atoms. The van der Waals surface area contributed by atoms with Gasteiger partial charge in [0, 0.05) is 18.3 Å². The van der Waals surface area contributed by atoms with Crippen LogP contribution in [0.15, 0.2) is 18.2 Å². The number of carbonyl (C=O) groups excluding carboxylic acids is 2. The van der Waals surface area contributed by atoms with Crippen LogP contribution < -0.4 is 14.8 Å². The molecule has 2 amide bonds. The summed E-state index contributed by atoms with van der Waals surface area (Å²) in [6.45, 7) is 1.12.